The van der Waals surface area contributed by atoms with Gasteiger partial charge in [0.25, 0.3) is 5.91 Å². The molecule has 0 N–H and O–H groups in total. The molecule has 1 amide bonds. The molecule has 1 aromatic heterocycles. The molecule has 1 unspecified atom stereocenters. The molecule has 0 fully saturated rings. The molecule has 0 spiro atoms. The zero-order valence-electron chi connectivity index (χ0n) is 8.97. The first-order valence-electron chi connectivity index (χ1n) is 4.83. The first-order valence-corrected chi connectivity index (χ1v) is 4.83. The number of rotatable bonds is 1. The van der Waals surface area contributed by atoms with Crippen LogP contribution >= 0.6 is 0 Å². The average molecular weight is 209 g/mol. The molecule has 1 atom stereocenters. The molecule has 0 radical (unpaired) electrons. The van der Waals surface area contributed by atoms with Gasteiger partial charge in [-0.15, -0.1) is 0 Å². The van der Waals surface area contributed by atoms with E-state index in [0.717, 1.165) is 0 Å². The Balaban J connectivity index is 2.58. The third kappa shape index (κ3) is 1.17. The van der Waals surface area contributed by atoms with Crippen LogP contribution < -0.4 is 9.47 Å². The van der Waals surface area contributed by atoms with E-state index in [0.29, 0.717) is 12.4 Å². The zero-order valence-corrected chi connectivity index (χ0v) is 8.97. The van der Waals surface area contributed by atoms with E-state index >= 15 is 0 Å². The summed E-state index contributed by atoms with van der Waals surface area (Å²) in [5, 5.41) is 3.96. The van der Waals surface area contributed by atoms with Crippen molar-refractivity contribution < 1.29 is 14.2 Å². The second kappa shape index (κ2) is 3.15. The number of hydrogen-bond donors (Lipinski definition) is 0. The summed E-state index contributed by atoms with van der Waals surface area (Å²) in [4.78, 5) is 25.2. The van der Waals surface area contributed by atoms with E-state index in [9.17, 15) is 9.59 Å². The van der Waals surface area contributed by atoms with Gasteiger partial charge in [-0.3, -0.25) is 9.59 Å². The van der Waals surface area contributed by atoms with E-state index in [-0.39, 0.29) is 11.8 Å². The minimum atomic E-state index is -0.595. The molecule has 0 aromatic carbocycles. The van der Waals surface area contributed by atoms with Gasteiger partial charge < -0.3 is 0 Å². The largest absolute Gasteiger partial charge is 0.361 e. The monoisotopic (exact) mass is 209 g/mol. The topological polar surface area (TPSA) is 59.1 Å². The Morgan fingerprint density at radius 3 is 2.73 bits per heavy atom. The summed E-state index contributed by atoms with van der Waals surface area (Å²) in [7, 11) is 3.41. The van der Waals surface area contributed by atoms with Crippen LogP contribution in [0, 0.1) is 5.92 Å². The molecule has 80 valence electrons. The van der Waals surface area contributed by atoms with Crippen molar-refractivity contribution in [2.75, 3.05) is 11.9 Å². The second-order valence-electron chi connectivity index (χ2n) is 3.65. The molecule has 0 saturated carbocycles. The number of amides is 1. The maximum absolute atomic E-state index is 11.9. The van der Waals surface area contributed by atoms with Crippen LogP contribution in [0.5, 0.6) is 0 Å². The molecule has 2 heterocycles. The first kappa shape index (κ1) is 9.82. The van der Waals surface area contributed by atoms with E-state index in [1.165, 1.54) is 15.9 Å². The van der Waals surface area contributed by atoms with Gasteiger partial charge >= 0.3 is 11.9 Å². The number of carbonyl (C=O) groups excluding carboxylic acids is 2. The standard InChI is InChI=1S/C9H13N4O2/c1-4-6-7(14)12(3)9-11(2)5-10-13(9)8(6)15/h5-6H,4H2,1-3H3/q+1. The lowest BCUT2D eigenvalue weighted by Gasteiger charge is -2.21. The third-order valence-corrected chi connectivity index (χ3v) is 2.69. The van der Waals surface area contributed by atoms with Crippen LogP contribution in [0.4, 0.5) is 5.95 Å². The lowest BCUT2D eigenvalue weighted by atomic mass is 10.0. The van der Waals surface area contributed by atoms with Crippen LogP contribution in [0.1, 0.15) is 18.1 Å². The quantitative estimate of drug-likeness (QED) is 0.456. The predicted octanol–water partition coefficient (Wildman–Crippen LogP) is -0.650. The van der Waals surface area contributed by atoms with Gasteiger partial charge in [-0.1, -0.05) is 6.92 Å². The Morgan fingerprint density at radius 2 is 2.13 bits per heavy atom. The maximum Gasteiger partial charge on any atom is 0.361 e. The van der Waals surface area contributed by atoms with Crippen molar-refractivity contribution in [3.63, 3.8) is 0 Å². The highest BCUT2D eigenvalue weighted by Gasteiger charge is 2.44. The second-order valence-corrected chi connectivity index (χ2v) is 3.65. The predicted molar refractivity (Wildman–Crippen MR) is 51.2 cm³/mol. The van der Waals surface area contributed by atoms with Gasteiger partial charge in [-0.05, 0) is 16.2 Å². The highest BCUT2D eigenvalue weighted by molar-refractivity contribution is 6.11. The molecule has 1 aromatic rings. The van der Waals surface area contributed by atoms with Crippen LogP contribution in [0.25, 0.3) is 0 Å². The molecule has 2 rings (SSSR count). The van der Waals surface area contributed by atoms with E-state index in [1.54, 1.807) is 18.7 Å². The number of fused-ring (bicyclic) bond motifs is 1. The van der Waals surface area contributed by atoms with Crippen LogP contribution in [-0.2, 0) is 11.8 Å². The van der Waals surface area contributed by atoms with Gasteiger partial charge in [-0.2, -0.15) is 0 Å². The van der Waals surface area contributed by atoms with Gasteiger partial charge in [0, 0.05) is 0 Å². The van der Waals surface area contributed by atoms with Crippen molar-refractivity contribution in [2.24, 2.45) is 13.0 Å². The van der Waals surface area contributed by atoms with Crippen molar-refractivity contribution in [2.45, 2.75) is 13.3 Å². The highest BCUT2D eigenvalue weighted by atomic mass is 16.2. The number of hydrogen-bond acceptors (Lipinski definition) is 3. The van der Waals surface area contributed by atoms with Gasteiger partial charge in [-0.25, -0.2) is 9.47 Å². The maximum atomic E-state index is 11.9. The van der Waals surface area contributed by atoms with E-state index in [4.69, 9.17) is 0 Å². The molecule has 0 saturated heterocycles. The summed E-state index contributed by atoms with van der Waals surface area (Å²) in [5.74, 6) is -0.487. The fourth-order valence-corrected chi connectivity index (χ4v) is 1.85. The van der Waals surface area contributed by atoms with Crippen LogP contribution in [0.3, 0.4) is 0 Å². The normalized spacial score (nSPS) is 20.7. The third-order valence-electron chi connectivity index (χ3n) is 2.69. The lowest BCUT2D eigenvalue weighted by Crippen LogP contribution is -2.50. The zero-order chi connectivity index (χ0) is 11.2. The van der Waals surface area contributed by atoms with E-state index < -0.39 is 5.92 Å². The smallest absolute Gasteiger partial charge is 0.260 e. The van der Waals surface area contributed by atoms with Crippen molar-refractivity contribution >= 4 is 17.8 Å². The number of aromatic nitrogens is 3. The fourth-order valence-electron chi connectivity index (χ4n) is 1.85. The summed E-state index contributed by atoms with van der Waals surface area (Å²) in [6.45, 7) is 1.82. The van der Waals surface area contributed by atoms with Gasteiger partial charge in [0.2, 0.25) is 6.33 Å². The molecule has 0 bridgehead atoms. The number of carbonyl (C=O) groups is 2. The molecule has 1 aliphatic rings. The Labute approximate surface area is 87.1 Å². The van der Waals surface area contributed by atoms with E-state index in [2.05, 4.69) is 5.10 Å². The average Bonchev–Trinajstić information content (AvgIpc) is 2.58. The Kier molecular flexibility index (Phi) is 2.06. The van der Waals surface area contributed by atoms with Crippen molar-refractivity contribution in [1.29, 1.82) is 0 Å². The minimum absolute atomic E-state index is 0.161. The molecule has 6 heteroatoms. The van der Waals surface area contributed by atoms with Crippen molar-refractivity contribution in [1.82, 2.24) is 9.78 Å². The molecule has 0 aliphatic carbocycles. The number of nitrogens with zero attached hydrogens (tertiary/aromatic N) is 4. The van der Waals surface area contributed by atoms with Crippen molar-refractivity contribution in [3.8, 4) is 0 Å². The fraction of sp³-hybridized carbons (Fsp3) is 0.556. The molecule has 15 heavy (non-hydrogen) atoms. The number of anilines is 1. The molecular weight excluding hydrogens is 196 g/mol. The first-order chi connectivity index (χ1) is 7.07. The molecule has 1 aliphatic heterocycles. The summed E-state index contributed by atoms with van der Waals surface area (Å²) < 4.78 is 2.94. The summed E-state index contributed by atoms with van der Waals surface area (Å²) in [6, 6.07) is 0. The van der Waals surface area contributed by atoms with Crippen LogP contribution in [0.2, 0.25) is 0 Å². The Morgan fingerprint density at radius 1 is 1.47 bits per heavy atom. The van der Waals surface area contributed by atoms with E-state index in [1.807, 2.05) is 6.92 Å². The Bertz CT molecular complexity index is 437. The minimum Gasteiger partial charge on any atom is -0.260 e. The van der Waals surface area contributed by atoms with Crippen LogP contribution in [0.15, 0.2) is 6.33 Å². The van der Waals surface area contributed by atoms with Gasteiger partial charge in [0.1, 0.15) is 5.92 Å². The summed E-state index contributed by atoms with van der Waals surface area (Å²) in [6.07, 6.45) is 2.03. The summed E-state index contributed by atoms with van der Waals surface area (Å²) in [5.41, 5.74) is 0. The van der Waals surface area contributed by atoms with Crippen LogP contribution in [-0.4, -0.2) is 28.6 Å². The molecule has 6 nitrogen and oxygen atoms in total. The van der Waals surface area contributed by atoms with Gasteiger partial charge in [0.05, 0.1) is 14.1 Å². The number of aryl methyl sites for hydroxylation is 1. The summed E-state index contributed by atoms with van der Waals surface area (Å²) >= 11 is 0. The molecular formula is C9H13N4O2+. The SMILES string of the molecule is CCC1C(=O)N(C)c2n(nc[n+]2C)C1=O. The lowest BCUT2D eigenvalue weighted by molar-refractivity contribution is -0.658. The highest BCUT2D eigenvalue weighted by Crippen LogP contribution is 2.20. The van der Waals surface area contributed by atoms with Gasteiger partial charge in [0.15, 0.2) is 0 Å². The van der Waals surface area contributed by atoms with Crippen molar-refractivity contribution in [3.05, 3.63) is 6.33 Å². The Hall–Kier alpha value is -1.72.